The second-order valence-corrected chi connectivity index (χ2v) is 13.4. The molecule has 0 unspecified atom stereocenters. The van der Waals surface area contributed by atoms with E-state index in [1.54, 1.807) is 13.8 Å². The van der Waals surface area contributed by atoms with E-state index >= 15 is 8.78 Å². The molecule has 3 saturated carbocycles. The molecule has 7 nitrogen and oxygen atoms in total. The van der Waals surface area contributed by atoms with Gasteiger partial charge in [0.2, 0.25) is 15.9 Å². The van der Waals surface area contributed by atoms with Crippen LogP contribution in [0, 0.1) is 23.0 Å². The Kier molecular flexibility index (Phi) is 8.22. The van der Waals surface area contributed by atoms with Crippen molar-refractivity contribution in [1.29, 1.82) is 0 Å². The van der Waals surface area contributed by atoms with E-state index in [1.807, 2.05) is 0 Å². The molecule has 3 aliphatic rings. The highest BCUT2D eigenvalue weighted by atomic mass is 35.5. The largest absolute Gasteiger partial charge is 0.391 e. The SMILES string of the molecule is CC(C)OCCS(=O)(=O)N[C@H]1C[C@@H](C(=O)N[C@H](c2c(F)ccc(Cl)c2F)C23CCC(F)(CC2)C3)C[C@H]1O. The van der Waals surface area contributed by atoms with Crippen LogP contribution in [0.4, 0.5) is 13.2 Å². The highest BCUT2D eigenvalue weighted by Gasteiger charge is 2.59. The topological polar surface area (TPSA) is 105 Å². The summed E-state index contributed by atoms with van der Waals surface area (Å²) in [6.45, 7) is 3.54. The van der Waals surface area contributed by atoms with Crippen molar-refractivity contribution in [1.82, 2.24) is 10.0 Å². The summed E-state index contributed by atoms with van der Waals surface area (Å²) in [6.07, 6.45) is -0.00879. The summed E-state index contributed by atoms with van der Waals surface area (Å²) in [6, 6.07) is 0.0639. The van der Waals surface area contributed by atoms with E-state index in [0.717, 1.165) is 12.1 Å². The molecule has 2 bridgehead atoms. The number of amides is 1. The van der Waals surface area contributed by atoms with Gasteiger partial charge >= 0.3 is 0 Å². The first-order chi connectivity index (χ1) is 17.2. The second kappa shape index (κ2) is 10.6. The molecule has 0 saturated heterocycles. The maximum atomic E-state index is 15.1. The number of carbonyl (C=O) groups excluding carboxylic acids is 1. The number of rotatable bonds is 10. The Morgan fingerprint density at radius 1 is 1.22 bits per heavy atom. The highest BCUT2D eigenvalue weighted by Crippen LogP contribution is 2.63. The van der Waals surface area contributed by atoms with Crippen LogP contribution in [0.25, 0.3) is 0 Å². The summed E-state index contributed by atoms with van der Waals surface area (Å²) in [5.74, 6) is -3.56. The third kappa shape index (κ3) is 6.11. The number of ether oxygens (including phenoxy) is 1. The summed E-state index contributed by atoms with van der Waals surface area (Å²) in [5.41, 5.74) is -2.69. The normalized spacial score (nSPS) is 32.3. The average molecular weight is 567 g/mol. The Morgan fingerprint density at radius 2 is 1.89 bits per heavy atom. The molecular weight excluding hydrogens is 533 g/mol. The summed E-state index contributed by atoms with van der Waals surface area (Å²) in [4.78, 5) is 13.4. The van der Waals surface area contributed by atoms with Crippen LogP contribution in [0.15, 0.2) is 12.1 Å². The standard InChI is InChI=1S/C25H34ClF3N2O5S/c1-14(2)36-9-10-37(34,35)31-18-11-15(12-19(18)32)23(33)30-22(20-17(27)4-3-16(26)21(20)28)24-5-7-25(29,13-24)8-6-24/h3-4,14-15,18-19,22,31-32H,5-13H2,1-2H3,(H,30,33)/t15-,18+,19-,22-,24?,25?/m1/s1. The molecule has 208 valence electrons. The lowest BCUT2D eigenvalue weighted by atomic mass is 9.74. The molecule has 1 amide bonds. The van der Waals surface area contributed by atoms with Crippen LogP contribution in [0.3, 0.4) is 0 Å². The van der Waals surface area contributed by atoms with Gasteiger partial charge in [-0.05, 0) is 76.3 Å². The molecule has 4 rings (SSSR count). The number of carbonyl (C=O) groups is 1. The predicted molar refractivity (Wildman–Crippen MR) is 132 cm³/mol. The van der Waals surface area contributed by atoms with Crippen LogP contribution in [0.1, 0.15) is 70.4 Å². The number of aliphatic hydroxyl groups excluding tert-OH is 1. The Morgan fingerprint density at radius 3 is 2.49 bits per heavy atom. The van der Waals surface area contributed by atoms with Crippen molar-refractivity contribution in [3.63, 3.8) is 0 Å². The van der Waals surface area contributed by atoms with Gasteiger partial charge in [0.1, 0.15) is 17.3 Å². The van der Waals surface area contributed by atoms with E-state index in [1.165, 1.54) is 0 Å². The van der Waals surface area contributed by atoms with Gasteiger partial charge in [0.25, 0.3) is 0 Å². The third-order valence-electron chi connectivity index (χ3n) is 8.11. The summed E-state index contributed by atoms with van der Waals surface area (Å²) >= 11 is 5.94. The van der Waals surface area contributed by atoms with E-state index in [2.05, 4.69) is 10.0 Å². The molecule has 3 aliphatic carbocycles. The van der Waals surface area contributed by atoms with Gasteiger partial charge in [-0.1, -0.05) is 11.6 Å². The van der Waals surface area contributed by atoms with Gasteiger partial charge in [-0.3, -0.25) is 4.79 Å². The van der Waals surface area contributed by atoms with Gasteiger partial charge in [0.05, 0.1) is 35.6 Å². The van der Waals surface area contributed by atoms with Gasteiger partial charge in [-0.15, -0.1) is 0 Å². The summed E-state index contributed by atoms with van der Waals surface area (Å²) in [5, 5.41) is 12.9. The number of fused-ring (bicyclic) bond motifs is 2. The average Bonchev–Trinajstić information content (AvgIpc) is 3.46. The number of hydrogen-bond acceptors (Lipinski definition) is 5. The third-order valence-corrected chi connectivity index (χ3v) is 9.77. The smallest absolute Gasteiger partial charge is 0.223 e. The monoisotopic (exact) mass is 566 g/mol. The molecule has 0 radical (unpaired) electrons. The van der Waals surface area contributed by atoms with Crippen molar-refractivity contribution in [2.75, 3.05) is 12.4 Å². The lowest BCUT2D eigenvalue weighted by Crippen LogP contribution is -2.43. The number of aliphatic hydroxyl groups is 1. The zero-order valence-electron chi connectivity index (χ0n) is 20.9. The Labute approximate surface area is 220 Å². The van der Waals surface area contributed by atoms with E-state index < -0.39 is 68.3 Å². The molecule has 37 heavy (non-hydrogen) atoms. The van der Waals surface area contributed by atoms with E-state index in [9.17, 15) is 22.7 Å². The lowest BCUT2D eigenvalue weighted by molar-refractivity contribution is -0.127. The molecule has 1 aromatic carbocycles. The van der Waals surface area contributed by atoms with Crippen molar-refractivity contribution in [2.24, 2.45) is 11.3 Å². The maximum absolute atomic E-state index is 15.1. The quantitative estimate of drug-likeness (QED) is 0.372. The molecule has 0 heterocycles. The first-order valence-corrected chi connectivity index (χ1v) is 14.7. The molecule has 4 atom stereocenters. The fourth-order valence-electron chi connectivity index (χ4n) is 6.21. The van der Waals surface area contributed by atoms with Crippen LogP contribution in [-0.2, 0) is 19.6 Å². The molecule has 3 N–H and O–H groups in total. The predicted octanol–water partition coefficient (Wildman–Crippen LogP) is 3.93. The van der Waals surface area contributed by atoms with Crippen molar-refractivity contribution in [3.8, 4) is 0 Å². The molecule has 0 aromatic heterocycles. The zero-order valence-corrected chi connectivity index (χ0v) is 22.5. The minimum atomic E-state index is -3.78. The van der Waals surface area contributed by atoms with Gasteiger partial charge in [-0.2, -0.15) is 0 Å². The number of sulfonamides is 1. The number of halogens is 4. The summed E-state index contributed by atoms with van der Waals surface area (Å²) < 4.78 is 77.7. The summed E-state index contributed by atoms with van der Waals surface area (Å²) in [7, 11) is -3.78. The zero-order chi connectivity index (χ0) is 27.2. The first-order valence-electron chi connectivity index (χ1n) is 12.7. The van der Waals surface area contributed by atoms with Crippen LogP contribution < -0.4 is 10.0 Å². The van der Waals surface area contributed by atoms with Crippen LogP contribution >= 0.6 is 11.6 Å². The van der Waals surface area contributed by atoms with Crippen molar-refractivity contribution in [3.05, 3.63) is 34.4 Å². The Bertz CT molecular complexity index is 1130. The molecule has 1 aromatic rings. The van der Waals surface area contributed by atoms with Gasteiger partial charge in [-0.25, -0.2) is 26.3 Å². The van der Waals surface area contributed by atoms with Gasteiger partial charge in [0, 0.05) is 17.5 Å². The van der Waals surface area contributed by atoms with Gasteiger partial charge < -0.3 is 15.2 Å². The molecule has 3 fully saturated rings. The van der Waals surface area contributed by atoms with E-state index in [0.29, 0.717) is 12.8 Å². The maximum Gasteiger partial charge on any atom is 0.223 e. The lowest BCUT2D eigenvalue weighted by Gasteiger charge is -2.37. The van der Waals surface area contributed by atoms with Gasteiger partial charge in [0.15, 0.2) is 0 Å². The van der Waals surface area contributed by atoms with Crippen LogP contribution in [0.2, 0.25) is 5.02 Å². The minimum Gasteiger partial charge on any atom is -0.391 e. The van der Waals surface area contributed by atoms with Crippen molar-refractivity contribution >= 4 is 27.5 Å². The second-order valence-electron chi connectivity index (χ2n) is 11.1. The number of alkyl halides is 1. The first kappa shape index (κ1) is 28.6. The van der Waals surface area contributed by atoms with E-state index in [4.69, 9.17) is 16.3 Å². The fourth-order valence-corrected chi connectivity index (χ4v) is 7.52. The van der Waals surface area contributed by atoms with Crippen molar-refractivity contribution in [2.45, 2.75) is 88.8 Å². The molecule has 0 spiro atoms. The Hall–Kier alpha value is -1.40. The van der Waals surface area contributed by atoms with Crippen LogP contribution in [-0.4, -0.2) is 55.7 Å². The molecule has 12 heteroatoms. The van der Waals surface area contributed by atoms with E-state index in [-0.39, 0.29) is 55.6 Å². The van der Waals surface area contributed by atoms with Crippen molar-refractivity contribution < 1.29 is 36.2 Å². The number of benzene rings is 1. The van der Waals surface area contributed by atoms with Crippen LogP contribution in [0.5, 0.6) is 0 Å². The highest BCUT2D eigenvalue weighted by molar-refractivity contribution is 7.89. The molecular formula is C25H34ClF3N2O5S. The fraction of sp³-hybridized carbons (Fsp3) is 0.720. The molecule has 0 aliphatic heterocycles. The Balaban J connectivity index is 1.51. The number of nitrogens with one attached hydrogen (secondary N) is 2. The number of hydrogen-bond donors (Lipinski definition) is 3. The minimum absolute atomic E-state index is 0.00451.